The van der Waals surface area contributed by atoms with Gasteiger partial charge in [0, 0.05) is 29.9 Å². The Morgan fingerprint density at radius 1 is 0.913 bits per heavy atom. The van der Waals surface area contributed by atoms with Crippen LogP contribution >= 0.6 is 31.9 Å². The summed E-state index contributed by atoms with van der Waals surface area (Å²) in [6, 6.07) is 14.2. The van der Waals surface area contributed by atoms with Gasteiger partial charge in [0.1, 0.15) is 12.2 Å². The lowest BCUT2D eigenvalue weighted by molar-refractivity contribution is -0.166. The van der Waals surface area contributed by atoms with Crippen LogP contribution in [0.3, 0.4) is 0 Å². The minimum atomic E-state index is -1.98. The molecule has 0 unspecified atom stereocenters. The number of halogens is 2. The van der Waals surface area contributed by atoms with Gasteiger partial charge in [-0.25, -0.2) is 0 Å². The molecule has 14 heteroatoms. The van der Waals surface area contributed by atoms with E-state index in [1.54, 1.807) is 12.1 Å². The maximum absolute atomic E-state index is 13.4. The fourth-order valence-electron chi connectivity index (χ4n) is 5.24. The summed E-state index contributed by atoms with van der Waals surface area (Å²) < 4.78 is 11.1. The molecule has 1 aromatic heterocycles. The highest BCUT2D eigenvalue weighted by Crippen LogP contribution is 2.31. The van der Waals surface area contributed by atoms with Gasteiger partial charge in [-0.3, -0.25) is 25.2 Å². The van der Waals surface area contributed by atoms with E-state index >= 15 is 0 Å². The number of hydrogen-bond acceptors (Lipinski definition) is 8. The lowest BCUT2D eigenvalue weighted by Crippen LogP contribution is -2.58. The zero-order valence-corrected chi connectivity index (χ0v) is 27.8. The van der Waals surface area contributed by atoms with Gasteiger partial charge in [-0.15, -0.1) is 0 Å². The summed E-state index contributed by atoms with van der Waals surface area (Å²) in [5.41, 5.74) is 8.02. The SMILES string of the molecule is O=C(CCc1c[nH]c2ccccc12)NNC(=O)[C@H](OC/C=C/Br)[C@H](O)[C@@H](O)[C@@H](OC/C=C/Br)C(=O)N[C@H]1c2ccccc2C[C@H]1O. The van der Waals surface area contributed by atoms with Crippen LogP contribution in [0.2, 0.25) is 0 Å². The van der Waals surface area contributed by atoms with E-state index in [2.05, 4.69) is 53.0 Å². The van der Waals surface area contributed by atoms with Gasteiger partial charge in [0.2, 0.25) is 5.91 Å². The number of hydrazine groups is 1. The van der Waals surface area contributed by atoms with Crippen molar-refractivity contribution in [1.82, 2.24) is 21.2 Å². The normalized spacial score (nSPS) is 18.7. The van der Waals surface area contributed by atoms with Gasteiger partial charge in [0.25, 0.3) is 11.8 Å². The quantitative estimate of drug-likeness (QED) is 0.115. The van der Waals surface area contributed by atoms with Crippen molar-refractivity contribution in [2.75, 3.05) is 13.2 Å². The first-order valence-corrected chi connectivity index (χ1v) is 16.4. The third-order valence-electron chi connectivity index (χ3n) is 7.53. The molecular formula is C32H36Br2N4O8. The van der Waals surface area contributed by atoms with Crippen LogP contribution in [0.15, 0.2) is 76.9 Å². The number of para-hydroxylation sites is 1. The standard InChI is InChI=1S/C32H36Br2N4O8/c33-13-5-15-45-29(31(43)36-26-22-9-2-1-7-19(22)17-24(26)39)27(41)28(42)30(46-16-6-14-34)32(44)38-37-25(40)12-11-20-18-35-23-10-4-3-8-21(20)23/h1-10,13-14,18,24,26-30,35,39,41-42H,11-12,15-17H2,(H,36,43)(H,37,40)(H,38,44)/b13-5+,14-6+/t24-,26+,27-,28-,29-,30-/m1/s1. The van der Waals surface area contributed by atoms with E-state index < -0.39 is 54.3 Å². The first-order chi connectivity index (χ1) is 22.2. The number of hydrogen-bond donors (Lipinski definition) is 7. The Labute approximate surface area is 282 Å². The van der Waals surface area contributed by atoms with Crippen molar-refractivity contribution in [3.8, 4) is 0 Å². The van der Waals surface area contributed by atoms with Crippen LogP contribution in [-0.4, -0.2) is 81.8 Å². The molecule has 1 aliphatic carbocycles. The predicted octanol–water partition coefficient (Wildman–Crippen LogP) is 2.33. The van der Waals surface area contributed by atoms with Gasteiger partial charge >= 0.3 is 0 Å². The fourth-order valence-corrected chi connectivity index (χ4v) is 5.55. The van der Waals surface area contributed by atoms with E-state index in [0.29, 0.717) is 12.8 Å². The number of aryl methyl sites for hydroxylation is 1. The Kier molecular flexibility index (Phi) is 13.5. The summed E-state index contributed by atoms with van der Waals surface area (Å²) >= 11 is 6.21. The maximum Gasteiger partial charge on any atom is 0.270 e. The van der Waals surface area contributed by atoms with Crippen LogP contribution in [-0.2, 0) is 36.7 Å². The molecule has 0 radical (unpaired) electrons. The second-order valence-corrected chi connectivity index (χ2v) is 11.6. The van der Waals surface area contributed by atoms with Gasteiger partial charge in [0.15, 0.2) is 12.2 Å². The highest BCUT2D eigenvalue weighted by molar-refractivity contribution is 9.11. The number of aromatic amines is 1. The van der Waals surface area contributed by atoms with Crippen molar-refractivity contribution in [3.05, 3.63) is 93.5 Å². The predicted molar refractivity (Wildman–Crippen MR) is 178 cm³/mol. The first kappa shape index (κ1) is 35.5. The van der Waals surface area contributed by atoms with Gasteiger partial charge in [-0.2, -0.15) is 0 Å². The summed E-state index contributed by atoms with van der Waals surface area (Å²) in [6.45, 7) is -0.288. The molecule has 46 heavy (non-hydrogen) atoms. The number of amides is 3. The van der Waals surface area contributed by atoms with E-state index in [-0.39, 0.29) is 19.6 Å². The van der Waals surface area contributed by atoms with Crippen LogP contribution in [0, 0.1) is 0 Å². The molecule has 7 N–H and O–H groups in total. The number of aliphatic hydroxyl groups is 3. The van der Waals surface area contributed by atoms with E-state index in [1.165, 1.54) is 22.1 Å². The third-order valence-corrected chi connectivity index (χ3v) is 8.28. The number of benzene rings is 2. The molecule has 6 atom stereocenters. The van der Waals surface area contributed by atoms with Gasteiger partial charge in [-0.05, 0) is 39.1 Å². The van der Waals surface area contributed by atoms with Gasteiger partial charge in [-0.1, -0.05) is 86.5 Å². The molecule has 0 saturated carbocycles. The van der Waals surface area contributed by atoms with Crippen LogP contribution in [0.4, 0.5) is 0 Å². The summed E-state index contributed by atoms with van der Waals surface area (Å²) in [6.07, 6.45) is -2.62. The summed E-state index contributed by atoms with van der Waals surface area (Å²) in [5, 5.41) is 36.7. The Bertz CT molecular complexity index is 1550. The lowest BCUT2D eigenvalue weighted by atomic mass is 10.0. The van der Waals surface area contributed by atoms with Crippen molar-refractivity contribution >= 4 is 60.5 Å². The fraction of sp³-hybridized carbons (Fsp3) is 0.344. The van der Waals surface area contributed by atoms with Crippen molar-refractivity contribution in [2.45, 2.75) is 55.8 Å². The number of aromatic nitrogens is 1. The zero-order valence-electron chi connectivity index (χ0n) is 24.6. The Morgan fingerprint density at radius 3 is 2.24 bits per heavy atom. The maximum atomic E-state index is 13.4. The second-order valence-electron chi connectivity index (χ2n) is 10.6. The topological polar surface area (TPSA) is 182 Å². The third kappa shape index (κ3) is 9.12. The number of nitrogens with one attached hydrogen (secondary N) is 4. The molecule has 12 nitrogen and oxygen atoms in total. The molecule has 3 aromatic rings. The van der Waals surface area contributed by atoms with Crippen molar-refractivity contribution in [3.63, 3.8) is 0 Å². The average Bonchev–Trinajstić information content (AvgIpc) is 3.62. The first-order valence-electron chi connectivity index (χ1n) is 14.5. The lowest BCUT2D eigenvalue weighted by Gasteiger charge is -2.31. The molecule has 0 saturated heterocycles. The zero-order chi connectivity index (χ0) is 33.1. The summed E-state index contributed by atoms with van der Waals surface area (Å²) in [7, 11) is 0. The van der Waals surface area contributed by atoms with Gasteiger partial charge in [0.05, 0.1) is 25.4 Å². The Morgan fingerprint density at radius 2 is 1.54 bits per heavy atom. The smallest absolute Gasteiger partial charge is 0.270 e. The second kappa shape index (κ2) is 17.5. The van der Waals surface area contributed by atoms with Crippen molar-refractivity contribution in [1.29, 1.82) is 0 Å². The Balaban J connectivity index is 1.42. The van der Waals surface area contributed by atoms with E-state index in [4.69, 9.17) is 9.47 Å². The monoisotopic (exact) mass is 762 g/mol. The van der Waals surface area contributed by atoms with Crippen molar-refractivity contribution < 1.29 is 39.2 Å². The highest BCUT2D eigenvalue weighted by atomic mass is 79.9. The van der Waals surface area contributed by atoms with E-state index in [9.17, 15) is 29.7 Å². The molecule has 2 aromatic carbocycles. The highest BCUT2D eigenvalue weighted by Gasteiger charge is 2.42. The molecule has 0 bridgehead atoms. The molecule has 0 fully saturated rings. The Hall–Kier alpha value is -3.37. The molecule has 1 heterocycles. The minimum Gasteiger partial charge on any atom is -0.390 e. The number of fused-ring (bicyclic) bond motifs is 2. The molecule has 0 spiro atoms. The minimum absolute atomic E-state index is 0.0540. The number of carbonyl (C=O) groups is 3. The van der Waals surface area contributed by atoms with Gasteiger partial charge < -0.3 is 35.1 Å². The molecule has 0 aliphatic heterocycles. The molecule has 1 aliphatic rings. The number of carbonyl (C=O) groups excluding carboxylic acids is 3. The summed E-state index contributed by atoms with van der Waals surface area (Å²) in [5.74, 6) is -2.28. The van der Waals surface area contributed by atoms with E-state index in [1.807, 2.05) is 42.6 Å². The number of aliphatic hydroxyl groups excluding tert-OH is 3. The molecule has 3 amide bonds. The molecular weight excluding hydrogens is 728 g/mol. The van der Waals surface area contributed by atoms with Crippen LogP contribution in [0.5, 0.6) is 0 Å². The van der Waals surface area contributed by atoms with Crippen LogP contribution in [0.25, 0.3) is 10.9 Å². The number of H-pyrrole nitrogens is 1. The molecule has 246 valence electrons. The number of rotatable bonds is 15. The van der Waals surface area contributed by atoms with Crippen LogP contribution < -0.4 is 16.2 Å². The van der Waals surface area contributed by atoms with Crippen LogP contribution in [0.1, 0.15) is 29.2 Å². The summed E-state index contributed by atoms with van der Waals surface area (Å²) in [4.78, 5) is 45.3. The molecule has 4 rings (SSSR count). The van der Waals surface area contributed by atoms with E-state index in [0.717, 1.165) is 27.6 Å². The largest absolute Gasteiger partial charge is 0.390 e. The number of ether oxygens (including phenoxy) is 2. The average molecular weight is 764 g/mol. The van der Waals surface area contributed by atoms with Crippen molar-refractivity contribution in [2.24, 2.45) is 0 Å².